The summed E-state index contributed by atoms with van der Waals surface area (Å²) in [6.07, 6.45) is 0.933. The topological polar surface area (TPSA) is 36.9 Å². The fraction of sp³-hybridized carbons (Fsp3) is 0.562. The van der Waals surface area contributed by atoms with Crippen LogP contribution < -0.4 is 5.32 Å². The SMILES string of the molecule is CCNC(=NCc1c(F)c(F)cc(F)c1F)N(C)CC1CCOC1. The van der Waals surface area contributed by atoms with Crippen LogP contribution in [0.4, 0.5) is 17.6 Å². The third-order valence-corrected chi connectivity index (χ3v) is 3.84. The first-order valence-corrected chi connectivity index (χ1v) is 7.83. The Morgan fingerprint density at radius 1 is 1.29 bits per heavy atom. The number of guanidine groups is 1. The Morgan fingerprint density at radius 3 is 2.50 bits per heavy atom. The first kappa shape index (κ1) is 18.5. The predicted molar refractivity (Wildman–Crippen MR) is 82.6 cm³/mol. The third-order valence-electron chi connectivity index (χ3n) is 3.84. The van der Waals surface area contributed by atoms with Crippen LogP contribution in [0.1, 0.15) is 18.9 Å². The molecule has 1 aromatic carbocycles. The van der Waals surface area contributed by atoms with Gasteiger partial charge in [-0.15, -0.1) is 0 Å². The number of hydrogen-bond acceptors (Lipinski definition) is 2. The molecular formula is C16H21F4N3O. The number of ether oxygens (including phenoxy) is 1. The van der Waals surface area contributed by atoms with Crippen molar-refractivity contribution in [1.29, 1.82) is 0 Å². The van der Waals surface area contributed by atoms with E-state index in [2.05, 4.69) is 10.3 Å². The van der Waals surface area contributed by atoms with Gasteiger partial charge < -0.3 is 15.0 Å². The summed E-state index contributed by atoms with van der Waals surface area (Å²) in [7, 11) is 1.79. The van der Waals surface area contributed by atoms with Crippen molar-refractivity contribution in [3.05, 3.63) is 34.9 Å². The summed E-state index contributed by atoms with van der Waals surface area (Å²) in [6, 6.07) is 0.190. The van der Waals surface area contributed by atoms with Gasteiger partial charge in [-0.3, -0.25) is 0 Å². The van der Waals surface area contributed by atoms with E-state index in [1.807, 2.05) is 11.8 Å². The van der Waals surface area contributed by atoms with Gasteiger partial charge in [0, 0.05) is 38.7 Å². The van der Waals surface area contributed by atoms with E-state index in [0.717, 1.165) is 6.42 Å². The molecule has 1 saturated heterocycles. The van der Waals surface area contributed by atoms with Crippen molar-refractivity contribution in [2.75, 3.05) is 33.4 Å². The van der Waals surface area contributed by atoms with Crippen LogP contribution in [0.3, 0.4) is 0 Å². The van der Waals surface area contributed by atoms with Gasteiger partial charge in [-0.2, -0.15) is 0 Å². The summed E-state index contributed by atoms with van der Waals surface area (Å²) >= 11 is 0. The molecule has 0 amide bonds. The summed E-state index contributed by atoms with van der Waals surface area (Å²) in [5, 5.41) is 3.00. The summed E-state index contributed by atoms with van der Waals surface area (Å²) in [4.78, 5) is 5.92. The van der Waals surface area contributed by atoms with Gasteiger partial charge in [0.2, 0.25) is 0 Å². The predicted octanol–water partition coefficient (Wildman–Crippen LogP) is 2.68. The van der Waals surface area contributed by atoms with Gasteiger partial charge in [-0.25, -0.2) is 22.6 Å². The molecule has 1 aromatic rings. The van der Waals surface area contributed by atoms with E-state index in [4.69, 9.17) is 4.74 Å². The van der Waals surface area contributed by atoms with Crippen molar-refractivity contribution in [1.82, 2.24) is 10.2 Å². The molecule has 0 bridgehead atoms. The third kappa shape index (κ3) is 4.37. The van der Waals surface area contributed by atoms with Crippen molar-refractivity contribution in [2.24, 2.45) is 10.9 Å². The maximum absolute atomic E-state index is 13.7. The number of nitrogens with zero attached hydrogens (tertiary/aromatic N) is 2. The fourth-order valence-corrected chi connectivity index (χ4v) is 2.59. The molecule has 134 valence electrons. The molecule has 1 aliphatic rings. The number of rotatable bonds is 5. The lowest BCUT2D eigenvalue weighted by molar-refractivity contribution is 0.181. The normalized spacial score (nSPS) is 18.1. The minimum atomic E-state index is -1.43. The quantitative estimate of drug-likeness (QED) is 0.385. The minimum absolute atomic E-state index is 0.190. The number of hydrogen-bond donors (Lipinski definition) is 1. The van der Waals surface area contributed by atoms with E-state index in [1.165, 1.54) is 0 Å². The Hall–Kier alpha value is -1.83. The lowest BCUT2D eigenvalue weighted by Crippen LogP contribution is -2.41. The molecule has 0 radical (unpaired) electrons. The molecule has 1 aliphatic heterocycles. The monoisotopic (exact) mass is 347 g/mol. The standard InChI is InChI=1S/C16H21F4N3O/c1-3-21-16(23(2)8-10-4-5-24-9-10)22-7-11-14(19)12(17)6-13(18)15(11)20/h6,10H,3-5,7-9H2,1-2H3,(H,21,22). The van der Waals surface area contributed by atoms with Gasteiger partial charge in [0.25, 0.3) is 0 Å². The molecule has 0 aromatic heterocycles. The highest BCUT2D eigenvalue weighted by atomic mass is 19.2. The van der Waals surface area contributed by atoms with Crippen LogP contribution in [0.15, 0.2) is 11.1 Å². The lowest BCUT2D eigenvalue weighted by atomic mass is 10.1. The van der Waals surface area contributed by atoms with E-state index in [9.17, 15) is 17.6 Å². The van der Waals surface area contributed by atoms with E-state index in [1.54, 1.807) is 7.05 Å². The largest absolute Gasteiger partial charge is 0.381 e. The number of benzene rings is 1. The van der Waals surface area contributed by atoms with Crippen LogP contribution in [0, 0.1) is 29.2 Å². The van der Waals surface area contributed by atoms with Crippen molar-refractivity contribution in [2.45, 2.75) is 19.9 Å². The average molecular weight is 347 g/mol. The number of aliphatic imine (C=N–C) groups is 1. The first-order chi connectivity index (χ1) is 11.4. The smallest absolute Gasteiger partial charge is 0.193 e. The Morgan fingerprint density at radius 2 is 1.96 bits per heavy atom. The average Bonchev–Trinajstić information content (AvgIpc) is 3.04. The van der Waals surface area contributed by atoms with Gasteiger partial charge in [0.15, 0.2) is 29.2 Å². The summed E-state index contributed by atoms with van der Waals surface area (Å²) < 4.78 is 59.2. The second-order valence-corrected chi connectivity index (χ2v) is 5.73. The number of halogens is 4. The molecule has 24 heavy (non-hydrogen) atoms. The molecule has 1 N–H and O–H groups in total. The number of nitrogens with one attached hydrogen (secondary N) is 1. The molecular weight excluding hydrogens is 326 g/mol. The van der Waals surface area contributed by atoms with E-state index >= 15 is 0 Å². The summed E-state index contributed by atoms with van der Waals surface area (Å²) in [5.74, 6) is -4.94. The Labute approximate surface area is 138 Å². The highest BCUT2D eigenvalue weighted by Gasteiger charge is 2.21. The first-order valence-electron chi connectivity index (χ1n) is 7.83. The molecule has 1 unspecified atom stereocenters. The van der Waals surface area contributed by atoms with Crippen LogP contribution in [-0.4, -0.2) is 44.2 Å². The minimum Gasteiger partial charge on any atom is -0.381 e. The maximum Gasteiger partial charge on any atom is 0.193 e. The molecule has 2 rings (SSSR count). The van der Waals surface area contributed by atoms with E-state index < -0.39 is 35.4 Å². The highest BCUT2D eigenvalue weighted by molar-refractivity contribution is 5.79. The Bertz CT molecular complexity index is 577. The summed E-state index contributed by atoms with van der Waals surface area (Å²) in [5.41, 5.74) is -0.722. The van der Waals surface area contributed by atoms with Gasteiger partial charge >= 0.3 is 0 Å². The molecule has 1 atom stereocenters. The van der Waals surface area contributed by atoms with Gasteiger partial charge in [0.1, 0.15) is 0 Å². The van der Waals surface area contributed by atoms with Crippen molar-refractivity contribution in [3.8, 4) is 0 Å². The van der Waals surface area contributed by atoms with Crippen molar-refractivity contribution < 1.29 is 22.3 Å². The highest BCUT2D eigenvalue weighted by Crippen LogP contribution is 2.20. The van der Waals surface area contributed by atoms with Crippen LogP contribution >= 0.6 is 0 Å². The molecule has 8 heteroatoms. The molecule has 0 spiro atoms. The Balaban J connectivity index is 2.16. The zero-order valence-corrected chi connectivity index (χ0v) is 13.7. The molecule has 0 saturated carbocycles. The van der Waals surface area contributed by atoms with Gasteiger partial charge in [0.05, 0.1) is 18.7 Å². The molecule has 1 heterocycles. The lowest BCUT2D eigenvalue weighted by Gasteiger charge is -2.24. The van der Waals surface area contributed by atoms with Crippen LogP contribution in [0.2, 0.25) is 0 Å². The Kier molecular flexibility index (Phi) is 6.42. The molecule has 4 nitrogen and oxygen atoms in total. The van der Waals surface area contributed by atoms with Crippen LogP contribution in [0.25, 0.3) is 0 Å². The van der Waals surface area contributed by atoms with Crippen molar-refractivity contribution in [3.63, 3.8) is 0 Å². The van der Waals surface area contributed by atoms with E-state index in [-0.39, 0.29) is 6.07 Å². The van der Waals surface area contributed by atoms with Gasteiger partial charge in [-0.05, 0) is 13.3 Å². The zero-order valence-electron chi connectivity index (χ0n) is 13.7. The maximum atomic E-state index is 13.7. The summed E-state index contributed by atoms with van der Waals surface area (Å²) in [6.45, 7) is 3.93. The second kappa shape index (κ2) is 8.32. The van der Waals surface area contributed by atoms with Crippen LogP contribution in [-0.2, 0) is 11.3 Å². The van der Waals surface area contributed by atoms with E-state index in [0.29, 0.717) is 38.2 Å². The molecule has 0 aliphatic carbocycles. The zero-order chi connectivity index (χ0) is 17.7. The van der Waals surface area contributed by atoms with Crippen LogP contribution in [0.5, 0.6) is 0 Å². The molecule has 1 fully saturated rings. The van der Waals surface area contributed by atoms with Gasteiger partial charge in [-0.1, -0.05) is 0 Å². The second-order valence-electron chi connectivity index (χ2n) is 5.73. The fourth-order valence-electron chi connectivity index (χ4n) is 2.59. The van der Waals surface area contributed by atoms with Crippen molar-refractivity contribution >= 4 is 5.96 Å².